The lowest BCUT2D eigenvalue weighted by molar-refractivity contribution is -0.138. The van der Waals surface area contributed by atoms with Gasteiger partial charge in [-0.2, -0.15) is 0 Å². The fourth-order valence-corrected chi connectivity index (χ4v) is 1.69. The molecule has 0 saturated heterocycles. The summed E-state index contributed by atoms with van der Waals surface area (Å²) in [6.45, 7) is 3.21. The van der Waals surface area contributed by atoms with E-state index in [2.05, 4.69) is 0 Å². The minimum Gasteiger partial charge on any atom is -0.481 e. The molecule has 86 valence electrons. The molecule has 0 unspecified atom stereocenters. The molecule has 0 atom stereocenters. The third-order valence-electron chi connectivity index (χ3n) is 2.33. The molecule has 0 saturated carbocycles. The van der Waals surface area contributed by atoms with Gasteiger partial charge in [-0.25, -0.2) is 0 Å². The van der Waals surface area contributed by atoms with Crippen LogP contribution in [0, 0.1) is 5.41 Å². The summed E-state index contributed by atoms with van der Waals surface area (Å²) in [5.41, 5.74) is -0.577. The van der Waals surface area contributed by atoms with Crippen LogP contribution in [-0.4, -0.2) is 16.9 Å². The first-order chi connectivity index (χ1) is 7.34. The molecule has 0 aromatic heterocycles. The molecule has 16 heavy (non-hydrogen) atoms. The molecule has 0 fully saturated rings. The van der Waals surface area contributed by atoms with Crippen LogP contribution in [0.5, 0.6) is 0 Å². The molecule has 1 aromatic carbocycles. The number of benzene rings is 1. The van der Waals surface area contributed by atoms with E-state index in [-0.39, 0.29) is 12.2 Å². The Bertz CT molecular complexity index is 424. The first-order valence-electron chi connectivity index (χ1n) is 4.86. The molecule has 3 nitrogen and oxygen atoms in total. The fraction of sp³-hybridized carbons (Fsp3) is 0.333. The van der Waals surface area contributed by atoms with Crippen LogP contribution in [0.15, 0.2) is 24.3 Å². The van der Waals surface area contributed by atoms with Crippen molar-refractivity contribution >= 4 is 23.4 Å². The number of carbonyl (C=O) groups is 2. The number of carboxylic acid groups (broad SMARTS) is 1. The number of rotatable bonds is 4. The number of aliphatic carboxylic acids is 1. The lowest BCUT2D eigenvalue weighted by Gasteiger charge is -2.21. The average Bonchev–Trinajstić information content (AvgIpc) is 2.15. The molecular weight excluding hydrogens is 228 g/mol. The highest BCUT2D eigenvalue weighted by Gasteiger charge is 2.32. The highest BCUT2D eigenvalue weighted by atomic mass is 35.5. The van der Waals surface area contributed by atoms with E-state index in [9.17, 15) is 9.59 Å². The van der Waals surface area contributed by atoms with E-state index in [1.165, 1.54) is 0 Å². The molecule has 0 heterocycles. The lowest BCUT2D eigenvalue weighted by atomic mass is 9.81. The van der Waals surface area contributed by atoms with E-state index in [0.717, 1.165) is 0 Å². The van der Waals surface area contributed by atoms with Crippen molar-refractivity contribution in [2.45, 2.75) is 20.3 Å². The topological polar surface area (TPSA) is 54.4 Å². The van der Waals surface area contributed by atoms with Crippen molar-refractivity contribution in [3.05, 3.63) is 34.9 Å². The van der Waals surface area contributed by atoms with Gasteiger partial charge in [0.2, 0.25) is 0 Å². The largest absolute Gasteiger partial charge is 0.481 e. The molecule has 0 aliphatic heterocycles. The Hall–Kier alpha value is -1.35. The Balaban J connectivity index is 3.02. The zero-order valence-electron chi connectivity index (χ0n) is 9.16. The monoisotopic (exact) mass is 240 g/mol. The van der Waals surface area contributed by atoms with E-state index in [1.807, 2.05) is 0 Å². The van der Waals surface area contributed by atoms with E-state index in [0.29, 0.717) is 10.6 Å². The van der Waals surface area contributed by atoms with Gasteiger partial charge in [-0.3, -0.25) is 9.59 Å². The summed E-state index contributed by atoms with van der Waals surface area (Å²) in [6.07, 6.45) is -0.211. The molecule has 4 heteroatoms. The normalized spacial score (nSPS) is 11.2. The van der Waals surface area contributed by atoms with Gasteiger partial charge in [-0.15, -0.1) is 0 Å². The quantitative estimate of drug-likeness (QED) is 0.823. The van der Waals surface area contributed by atoms with Crippen molar-refractivity contribution in [3.8, 4) is 0 Å². The van der Waals surface area contributed by atoms with Crippen molar-refractivity contribution in [1.29, 1.82) is 0 Å². The van der Waals surface area contributed by atoms with Crippen molar-refractivity contribution < 1.29 is 14.7 Å². The van der Waals surface area contributed by atoms with Gasteiger partial charge in [0.25, 0.3) is 0 Å². The third-order valence-corrected chi connectivity index (χ3v) is 2.66. The average molecular weight is 241 g/mol. The number of halogens is 1. The Morgan fingerprint density at radius 2 is 1.88 bits per heavy atom. The van der Waals surface area contributed by atoms with Crippen molar-refractivity contribution in [2.24, 2.45) is 5.41 Å². The maximum Gasteiger partial charge on any atom is 0.304 e. The minimum absolute atomic E-state index is 0.211. The van der Waals surface area contributed by atoms with Gasteiger partial charge in [0, 0.05) is 11.0 Å². The molecule has 0 radical (unpaired) electrons. The second kappa shape index (κ2) is 4.66. The summed E-state index contributed by atoms with van der Waals surface area (Å²) in [4.78, 5) is 22.7. The number of carbonyl (C=O) groups excluding carboxylic acids is 1. The second-order valence-corrected chi connectivity index (χ2v) is 4.67. The van der Waals surface area contributed by atoms with Crippen LogP contribution in [0.1, 0.15) is 30.6 Å². The zero-order valence-corrected chi connectivity index (χ0v) is 9.91. The summed E-state index contributed by atoms with van der Waals surface area (Å²) in [7, 11) is 0. The lowest BCUT2D eigenvalue weighted by Crippen LogP contribution is -2.27. The summed E-state index contributed by atoms with van der Waals surface area (Å²) in [5, 5.41) is 9.08. The molecular formula is C12H13ClO3. The van der Waals surface area contributed by atoms with Crippen LogP contribution in [-0.2, 0) is 4.79 Å². The third kappa shape index (κ3) is 2.83. The maximum absolute atomic E-state index is 12.1. The van der Waals surface area contributed by atoms with Crippen LogP contribution < -0.4 is 0 Å². The molecule has 0 spiro atoms. The van der Waals surface area contributed by atoms with Crippen molar-refractivity contribution in [1.82, 2.24) is 0 Å². The highest BCUT2D eigenvalue weighted by Crippen LogP contribution is 2.29. The van der Waals surface area contributed by atoms with Crippen molar-refractivity contribution in [2.75, 3.05) is 0 Å². The van der Waals surface area contributed by atoms with E-state index in [1.54, 1.807) is 38.1 Å². The Labute approximate surface area is 99.0 Å². The van der Waals surface area contributed by atoms with Gasteiger partial charge in [0.15, 0.2) is 5.78 Å². The molecule has 1 aromatic rings. The molecule has 0 aliphatic rings. The molecule has 0 amide bonds. The Kier molecular flexibility index (Phi) is 3.70. The Morgan fingerprint density at radius 3 is 2.38 bits per heavy atom. The van der Waals surface area contributed by atoms with Gasteiger partial charge < -0.3 is 5.11 Å². The number of hydrogen-bond donors (Lipinski definition) is 1. The maximum atomic E-state index is 12.1. The summed E-state index contributed by atoms with van der Waals surface area (Å²) in [6, 6.07) is 6.65. The zero-order chi connectivity index (χ0) is 12.3. The molecule has 1 N–H and O–H groups in total. The molecule has 0 aliphatic carbocycles. The standard InChI is InChI=1S/C12H13ClO3/c1-12(2,7-10(14)15)11(16)8-5-3-4-6-9(8)13/h3-6H,7H2,1-2H3,(H,14,15). The van der Waals surface area contributed by atoms with Crippen LogP contribution in [0.3, 0.4) is 0 Å². The van der Waals surface area contributed by atoms with Gasteiger partial charge in [0.05, 0.1) is 11.4 Å². The summed E-state index contributed by atoms with van der Waals surface area (Å²) >= 11 is 5.89. The van der Waals surface area contributed by atoms with E-state index < -0.39 is 11.4 Å². The summed E-state index contributed by atoms with van der Waals surface area (Å²) < 4.78 is 0. The van der Waals surface area contributed by atoms with E-state index >= 15 is 0 Å². The highest BCUT2D eigenvalue weighted by molar-refractivity contribution is 6.34. The van der Waals surface area contributed by atoms with Gasteiger partial charge in [-0.1, -0.05) is 37.6 Å². The first-order valence-corrected chi connectivity index (χ1v) is 5.23. The van der Waals surface area contributed by atoms with Crippen LogP contribution in [0.2, 0.25) is 5.02 Å². The SMILES string of the molecule is CC(C)(CC(=O)O)C(=O)c1ccccc1Cl. The van der Waals surface area contributed by atoms with E-state index in [4.69, 9.17) is 16.7 Å². The van der Waals surface area contributed by atoms with Crippen molar-refractivity contribution in [3.63, 3.8) is 0 Å². The van der Waals surface area contributed by atoms with Crippen LogP contribution >= 0.6 is 11.6 Å². The van der Waals surface area contributed by atoms with Gasteiger partial charge >= 0.3 is 5.97 Å². The number of carboxylic acids is 1. The smallest absolute Gasteiger partial charge is 0.304 e. The number of Topliss-reactive ketones (excluding diaryl/α,β-unsaturated/α-hetero) is 1. The predicted molar refractivity (Wildman–Crippen MR) is 61.8 cm³/mol. The number of hydrogen-bond acceptors (Lipinski definition) is 2. The van der Waals surface area contributed by atoms with Crippen LogP contribution in [0.25, 0.3) is 0 Å². The number of ketones is 1. The first kappa shape index (κ1) is 12.7. The predicted octanol–water partition coefficient (Wildman–Crippen LogP) is 3.02. The van der Waals surface area contributed by atoms with Crippen LogP contribution in [0.4, 0.5) is 0 Å². The van der Waals surface area contributed by atoms with Gasteiger partial charge in [-0.05, 0) is 12.1 Å². The molecule has 1 rings (SSSR count). The summed E-state index contributed by atoms with van der Waals surface area (Å²) in [5.74, 6) is -1.24. The minimum atomic E-state index is -0.995. The fourth-order valence-electron chi connectivity index (χ4n) is 1.47. The Morgan fingerprint density at radius 1 is 1.31 bits per heavy atom. The van der Waals surface area contributed by atoms with Gasteiger partial charge in [0.1, 0.15) is 0 Å². The molecule has 0 bridgehead atoms. The second-order valence-electron chi connectivity index (χ2n) is 4.26.